The van der Waals surface area contributed by atoms with Crippen molar-refractivity contribution in [3.05, 3.63) is 34.9 Å². The van der Waals surface area contributed by atoms with Gasteiger partial charge in [-0.15, -0.1) is 0 Å². The highest BCUT2D eigenvalue weighted by atomic mass is 16.5. The SMILES string of the molecule is CCOC(=O)C(=O)CCc1ccc(C)cc1C. The normalized spacial score (nSPS) is 10.1. The van der Waals surface area contributed by atoms with Crippen molar-refractivity contribution in [2.75, 3.05) is 6.61 Å². The zero-order valence-corrected chi connectivity index (χ0v) is 10.6. The molecule has 0 fully saturated rings. The molecule has 0 saturated carbocycles. The summed E-state index contributed by atoms with van der Waals surface area (Å²) in [6.45, 7) is 5.97. The maximum atomic E-state index is 11.4. The monoisotopic (exact) mass is 234 g/mol. The summed E-state index contributed by atoms with van der Waals surface area (Å²) in [4.78, 5) is 22.5. The minimum Gasteiger partial charge on any atom is -0.460 e. The Labute approximate surface area is 102 Å². The maximum absolute atomic E-state index is 11.4. The fraction of sp³-hybridized carbons (Fsp3) is 0.429. The average Bonchev–Trinajstić information content (AvgIpc) is 2.27. The third-order valence-corrected chi connectivity index (χ3v) is 2.62. The number of aryl methyl sites for hydroxylation is 3. The number of esters is 1. The van der Waals surface area contributed by atoms with Crippen molar-refractivity contribution in [2.24, 2.45) is 0 Å². The van der Waals surface area contributed by atoms with E-state index in [9.17, 15) is 9.59 Å². The summed E-state index contributed by atoms with van der Waals surface area (Å²) in [6.07, 6.45) is 0.798. The van der Waals surface area contributed by atoms with E-state index in [0.717, 1.165) is 11.1 Å². The van der Waals surface area contributed by atoms with Gasteiger partial charge in [0.2, 0.25) is 5.78 Å². The highest BCUT2D eigenvalue weighted by Gasteiger charge is 2.14. The third kappa shape index (κ3) is 4.02. The minimum absolute atomic E-state index is 0.211. The molecule has 0 saturated heterocycles. The first-order valence-corrected chi connectivity index (χ1v) is 5.80. The summed E-state index contributed by atoms with van der Waals surface area (Å²) in [5, 5.41) is 0. The van der Waals surface area contributed by atoms with Crippen LogP contribution in [0, 0.1) is 13.8 Å². The van der Waals surface area contributed by atoms with Gasteiger partial charge in [0.05, 0.1) is 6.61 Å². The third-order valence-electron chi connectivity index (χ3n) is 2.62. The second kappa shape index (κ2) is 6.18. The van der Waals surface area contributed by atoms with Crippen LogP contribution in [0.5, 0.6) is 0 Å². The lowest BCUT2D eigenvalue weighted by Gasteiger charge is -2.06. The molecule has 1 rings (SSSR count). The van der Waals surface area contributed by atoms with Crippen molar-refractivity contribution in [1.29, 1.82) is 0 Å². The van der Waals surface area contributed by atoms with Crippen LogP contribution in [0.25, 0.3) is 0 Å². The number of benzene rings is 1. The number of Topliss-reactive ketones (excluding diaryl/α,β-unsaturated/α-hetero) is 1. The van der Waals surface area contributed by atoms with Crippen LogP contribution in [0.3, 0.4) is 0 Å². The van der Waals surface area contributed by atoms with E-state index in [1.165, 1.54) is 5.56 Å². The number of carbonyl (C=O) groups excluding carboxylic acids is 2. The molecule has 1 aromatic carbocycles. The Kier molecular flexibility index (Phi) is 4.88. The number of ether oxygens (including phenoxy) is 1. The van der Waals surface area contributed by atoms with E-state index in [-0.39, 0.29) is 13.0 Å². The number of rotatable bonds is 5. The summed E-state index contributed by atoms with van der Waals surface area (Å²) in [5.74, 6) is -1.18. The molecule has 0 N–H and O–H groups in total. The summed E-state index contributed by atoms with van der Waals surface area (Å²) < 4.78 is 4.65. The van der Waals surface area contributed by atoms with Crippen molar-refractivity contribution in [3.8, 4) is 0 Å². The molecule has 0 bridgehead atoms. The fourth-order valence-electron chi connectivity index (χ4n) is 1.69. The number of hydrogen-bond acceptors (Lipinski definition) is 3. The molecule has 3 heteroatoms. The van der Waals surface area contributed by atoms with Crippen LogP contribution >= 0.6 is 0 Å². The Bertz CT molecular complexity index is 421. The fourth-order valence-corrected chi connectivity index (χ4v) is 1.69. The summed E-state index contributed by atoms with van der Waals surface area (Å²) >= 11 is 0. The van der Waals surface area contributed by atoms with E-state index < -0.39 is 11.8 Å². The predicted molar refractivity (Wildman–Crippen MR) is 65.9 cm³/mol. The van der Waals surface area contributed by atoms with Gasteiger partial charge in [-0.2, -0.15) is 0 Å². The lowest BCUT2D eigenvalue weighted by Crippen LogP contribution is -2.17. The van der Waals surface area contributed by atoms with Crippen LogP contribution in [0.2, 0.25) is 0 Å². The van der Waals surface area contributed by atoms with Crippen LogP contribution in [0.1, 0.15) is 30.0 Å². The molecule has 3 nitrogen and oxygen atoms in total. The molecule has 0 aliphatic rings. The number of ketones is 1. The number of carbonyl (C=O) groups is 2. The zero-order valence-electron chi connectivity index (χ0n) is 10.6. The van der Waals surface area contributed by atoms with Crippen LogP contribution in [-0.4, -0.2) is 18.4 Å². The second-order valence-corrected chi connectivity index (χ2v) is 4.07. The average molecular weight is 234 g/mol. The molecular formula is C14H18O3. The van der Waals surface area contributed by atoms with Gasteiger partial charge in [0, 0.05) is 6.42 Å². The van der Waals surface area contributed by atoms with E-state index >= 15 is 0 Å². The molecule has 0 amide bonds. The molecule has 0 unspecified atom stereocenters. The number of hydrogen-bond donors (Lipinski definition) is 0. The highest BCUT2D eigenvalue weighted by molar-refractivity contribution is 6.33. The first-order valence-electron chi connectivity index (χ1n) is 5.80. The van der Waals surface area contributed by atoms with Gasteiger partial charge in [-0.25, -0.2) is 4.79 Å². The highest BCUT2D eigenvalue weighted by Crippen LogP contribution is 2.12. The van der Waals surface area contributed by atoms with E-state index in [2.05, 4.69) is 10.8 Å². The van der Waals surface area contributed by atoms with Crippen molar-refractivity contribution < 1.29 is 14.3 Å². The summed E-state index contributed by atoms with van der Waals surface area (Å²) in [6, 6.07) is 6.09. The molecule has 0 spiro atoms. The Morgan fingerprint density at radius 1 is 1.24 bits per heavy atom. The quantitative estimate of drug-likeness (QED) is 0.580. The van der Waals surface area contributed by atoms with Gasteiger partial charge in [0.25, 0.3) is 0 Å². The Morgan fingerprint density at radius 3 is 2.53 bits per heavy atom. The summed E-state index contributed by atoms with van der Waals surface area (Å²) in [5.41, 5.74) is 3.46. The molecule has 0 heterocycles. The van der Waals surface area contributed by atoms with Gasteiger partial charge in [-0.05, 0) is 38.3 Å². The van der Waals surface area contributed by atoms with Gasteiger partial charge in [-0.3, -0.25) is 4.79 Å². The molecule has 0 aliphatic heterocycles. The van der Waals surface area contributed by atoms with Crippen LogP contribution < -0.4 is 0 Å². The van der Waals surface area contributed by atoms with Gasteiger partial charge < -0.3 is 4.74 Å². The summed E-state index contributed by atoms with van der Waals surface area (Å²) in [7, 11) is 0. The molecule has 0 aromatic heterocycles. The van der Waals surface area contributed by atoms with E-state index in [1.807, 2.05) is 26.0 Å². The molecule has 0 atom stereocenters. The molecule has 0 aliphatic carbocycles. The van der Waals surface area contributed by atoms with Crippen LogP contribution in [0.4, 0.5) is 0 Å². The lowest BCUT2D eigenvalue weighted by atomic mass is 10.0. The molecule has 92 valence electrons. The lowest BCUT2D eigenvalue weighted by molar-refractivity contribution is -0.153. The minimum atomic E-state index is -0.725. The topological polar surface area (TPSA) is 43.4 Å². The van der Waals surface area contributed by atoms with Crippen molar-refractivity contribution >= 4 is 11.8 Å². The van der Waals surface area contributed by atoms with Crippen molar-refractivity contribution in [2.45, 2.75) is 33.6 Å². The molecule has 17 heavy (non-hydrogen) atoms. The van der Waals surface area contributed by atoms with Gasteiger partial charge >= 0.3 is 5.97 Å². The standard InChI is InChI=1S/C14H18O3/c1-4-17-14(16)13(15)8-7-12-6-5-10(2)9-11(12)3/h5-6,9H,4,7-8H2,1-3H3. The largest absolute Gasteiger partial charge is 0.460 e. The van der Waals surface area contributed by atoms with Crippen LogP contribution in [0.15, 0.2) is 18.2 Å². The van der Waals surface area contributed by atoms with Crippen molar-refractivity contribution in [1.82, 2.24) is 0 Å². The van der Waals surface area contributed by atoms with E-state index in [1.54, 1.807) is 6.92 Å². The van der Waals surface area contributed by atoms with Gasteiger partial charge in [-0.1, -0.05) is 23.8 Å². The molecule has 0 radical (unpaired) electrons. The first-order chi connectivity index (χ1) is 8.04. The Morgan fingerprint density at radius 2 is 1.94 bits per heavy atom. The van der Waals surface area contributed by atoms with Gasteiger partial charge in [0.1, 0.15) is 0 Å². The smallest absolute Gasteiger partial charge is 0.374 e. The second-order valence-electron chi connectivity index (χ2n) is 4.07. The molecular weight excluding hydrogens is 216 g/mol. The zero-order chi connectivity index (χ0) is 12.8. The van der Waals surface area contributed by atoms with Crippen molar-refractivity contribution in [3.63, 3.8) is 0 Å². The Balaban J connectivity index is 2.56. The van der Waals surface area contributed by atoms with Crippen LogP contribution in [-0.2, 0) is 20.7 Å². The molecule has 1 aromatic rings. The van der Waals surface area contributed by atoms with E-state index in [4.69, 9.17) is 0 Å². The van der Waals surface area contributed by atoms with Gasteiger partial charge in [0.15, 0.2) is 0 Å². The maximum Gasteiger partial charge on any atom is 0.374 e. The van der Waals surface area contributed by atoms with E-state index in [0.29, 0.717) is 6.42 Å². The Hall–Kier alpha value is -1.64. The predicted octanol–water partition coefficient (Wildman–Crippen LogP) is 2.37. The first kappa shape index (κ1) is 13.4.